The third-order valence-corrected chi connectivity index (χ3v) is 7.58. The Kier molecular flexibility index (Phi) is 5.88. The van der Waals surface area contributed by atoms with E-state index in [2.05, 4.69) is 5.32 Å². The van der Waals surface area contributed by atoms with Crippen molar-refractivity contribution in [1.82, 2.24) is 0 Å². The van der Waals surface area contributed by atoms with Gasteiger partial charge in [0.2, 0.25) is 0 Å². The number of fused-ring (bicyclic) bond motifs is 1. The van der Waals surface area contributed by atoms with E-state index >= 15 is 0 Å². The number of nitrogens with zero attached hydrogens (tertiary/aromatic N) is 1. The number of amides is 1. The topological polar surface area (TPSA) is 75.7 Å². The van der Waals surface area contributed by atoms with Crippen molar-refractivity contribution in [3.05, 3.63) is 82.4 Å². The zero-order chi connectivity index (χ0) is 23.0. The van der Waals surface area contributed by atoms with Gasteiger partial charge < -0.3 is 10.1 Å². The van der Waals surface area contributed by atoms with Crippen LogP contribution < -0.4 is 14.4 Å². The normalized spacial score (nSPS) is 15.6. The standard InChI is InChI=1S/C24H23ClN2O4S/c1-15-7-10-19(11-8-15)32(29,30)27-14-23(31-22-12-9-18(25)13-21(22)27)24(28)26-20-6-4-5-16(2)17(20)3/h4-13,23H,14H2,1-3H3,(H,26,28)/t23-/m1/s1. The van der Waals surface area contributed by atoms with Gasteiger partial charge in [0.1, 0.15) is 5.75 Å². The van der Waals surface area contributed by atoms with Crippen molar-refractivity contribution in [2.45, 2.75) is 31.8 Å². The number of nitrogens with one attached hydrogen (secondary N) is 1. The molecule has 1 heterocycles. The quantitative estimate of drug-likeness (QED) is 0.590. The van der Waals surface area contributed by atoms with Crippen molar-refractivity contribution in [1.29, 1.82) is 0 Å². The number of ether oxygens (including phenoxy) is 1. The van der Waals surface area contributed by atoms with E-state index in [4.69, 9.17) is 16.3 Å². The maximum absolute atomic E-state index is 13.5. The van der Waals surface area contributed by atoms with Crippen LogP contribution in [-0.4, -0.2) is 27.0 Å². The molecular weight excluding hydrogens is 448 g/mol. The summed E-state index contributed by atoms with van der Waals surface area (Å²) in [6.07, 6.45) is -1.04. The molecule has 1 N–H and O–H groups in total. The predicted octanol–water partition coefficient (Wildman–Crippen LogP) is 4.86. The highest BCUT2D eigenvalue weighted by atomic mass is 35.5. The van der Waals surface area contributed by atoms with Gasteiger partial charge in [-0.3, -0.25) is 9.10 Å². The Morgan fingerprint density at radius 3 is 2.50 bits per heavy atom. The number of sulfonamides is 1. The van der Waals surface area contributed by atoms with Crippen LogP contribution in [0.4, 0.5) is 11.4 Å². The number of anilines is 2. The van der Waals surface area contributed by atoms with Crippen molar-refractivity contribution >= 4 is 38.9 Å². The summed E-state index contributed by atoms with van der Waals surface area (Å²) in [7, 11) is -3.95. The summed E-state index contributed by atoms with van der Waals surface area (Å²) in [6.45, 7) is 5.57. The average molecular weight is 471 g/mol. The number of aryl methyl sites for hydroxylation is 2. The Bertz CT molecular complexity index is 1290. The van der Waals surface area contributed by atoms with Crippen molar-refractivity contribution in [2.75, 3.05) is 16.2 Å². The Morgan fingerprint density at radius 1 is 1.06 bits per heavy atom. The van der Waals surface area contributed by atoms with E-state index in [9.17, 15) is 13.2 Å². The highest BCUT2D eigenvalue weighted by Crippen LogP contribution is 2.39. The van der Waals surface area contributed by atoms with Crippen LogP contribution >= 0.6 is 11.6 Å². The molecule has 8 heteroatoms. The molecule has 3 aromatic rings. The van der Waals surface area contributed by atoms with Gasteiger partial charge in [0, 0.05) is 10.7 Å². The first kappa shape index (κ1) is 22.2. The number of carbonyl (C=O) groups is 1. The molecule has 0 aliphatic carbocycles. The van der Waals surface area contributed by atoms with Crippen LogP contribution in [0, 0.1) is 20.8 Å². The van der Waals surface area contributed by atoms with Crippen molar-refractivity contribution in [3.8, 4) is 5.75 Å². The Morgan fingerprint density at radius 2 is 1.78 bits per heavy atom. The summed E-state index contributed by atoms with van der Waals surface area (Å²) in [5.41, 5.74) is 3.88. The monoisotopic (exact) mass is 470 g/mol. The average Bonchev–Trinajstić information content (AvgIpc) is 2.76. The fourth-order valence-corrected chi connectivity index (χ4v) is 5.16. The van der Waals surface area contributed by atoms with Crippen LogP contribution in [0.2, 0.25) is 5.02 Å². The lowest BCUT2D eigenvalue weighted by atomic mass is 10.1. The third-order valence-electron chi connectivity index (χ3n) is 5.55. The van der Waals surface area contributed by atoms with Gasteiger partial charge in [0.15, 0.2) is 6.10 Å². The van der Waals surface area contributed by atoms with E-state index in [1.165, 1.54) is 10.4 Å². The van der Waals surface area contributed by atoms with E-state index in [1.54, 1.807) is 42.5 Å². The molecule has 6 nitrogen and oxygen atoms in total. The molecule has 166 valence electrons. The predicted molar refractivity (Wildman–Crippen MR) is 126 cm³/mol. The lowest BCUT2D eigenvalue weighted by Gasteiger charge is -2.35. The SMILES string of the molecule is Cc1ccc(S(=O)(=O)N2C[C@H](C(=O)Nc3cccc(C)c3C)Oc3ccc(Cl)cc32)cc1. The lowest BCUT2D eigenvalue weighted by Crippen LogP contribution is -2.48. The van der Waals surface area contributed by atoms with E-state index in [0.717, 1.165) is 16.7 Å². The van der Waals surface area contributed by atoms with Crippen LogP contribution in [0.3, 0.4) is 0 Å². The molecule has 0 bridgehead atoms. The molecule has 1 amide bonds. The molecule has 32 heavy (non-hydrogen) atoms. The fraction of sp³-hybridized carbons (Fsp3) is 0.208. The van der Waals surface area contributed by atoms with Gasteiger partial charge in [-0.05, 0) is 68.3 Å². The second kappa shape index (κ2) is 8.48. The third kappa shape index (κ3) is 4.18. The van der Waals surface area contributed by atoms with Crippen molar-refractivity contribution < 1.29 is 17.9 Å². The van der Waals surface area contributed by atoms with Crippen LogP contribution in [-0.2, 0) is 14.8 Å². The summed E-state index contributed by atoms with van der Waals surface area (Å²) in [5, 5.41) is 3.24. The number of carbonyl (C=O) groups excluding carboxylic acids is 1. The molecule has 3 aromatic carbocycles. The smallest absolute Gasteiger partial charge is 0.267 e. The van der Waals surface area contributed by atoms with Gasteiger partial charge in [0.05, 0.1) is 17.1 Å². The largest absolute Gasteiger partial charge is 0.476 e. The van der Waals surface area contributed by atoms with Crippen molar-refractivity contribution in [3.63, 3.8) is 0 Å². The molecule has 0 unspecified atom stereocenters. The lowest BCUT2D eigenvalue weighted by molar-refractivity contribution is -0.122. The molecule has 1 aliphatic heterocycles. The van der Waals surface area contributed by atoms with E-state index in [-0.39, 0.29) is 17.2 Å². The minimum Gasteiger partial charge on any atom is -0.476 e. The van der Waals surface area contributed by atoms with Crippen LogP contribution in [0.1, 0.15) is 16.7 Å². The molecular formula is C24H23ClN2O4S. The number of halogens is 1. The van der Waals surface area contributed by atoms with Crippen LogP contribution in [0.15, 0.2) is 65.6 Å². The maximum atomic E-state index is 13.5. The molecule has 0 radical (unpaired) electrons. The van der Waals surface area contributed by atoms with Gasteiger partial charge >= 0.3 is 0 Å². The van der Waals surface area contributed by atoms with Gasteiger partial charge in [-0.25, -0.2) is 8.42 Å². The summed E-state index contributed by atoms with van der Waals surface area (Å²) >= 11 is 6.14. The van der Waals surface area contributed by atoms with E-state index < -0.39 is 22.0 Å². The van der Waals surface area contributed by atoms with Crippen molar-refractivity contribution in [2.24, 2.45) is 0 Å². The number of hydrogen-bond acceptors (Lipinski definition) is 4. The molecule has 1 aliphatic rings. The summed E-state index contributed by atoms with van der Waals surface area (Å²) in [6, 6.07) is 16.9. The van der Waals surface area contributed by atoms with Crippen LogP contribution in [0.25, 0.3) is 0 Å². The molecule has 0 fully saturated rings. The molecule has 0 saturated heterocycles. The zero-order valence-electron chi connectivity index (χ0n) is 17.9. The highest BCUT2D eigenvalue weighted by molar-refractivity contribution is 7.92. The minimum absolute atomic E-state index is 0.129. The summed E-state index contributed by atoms with van der Waals surface area (Å²) in [5.74, 6) is -0.152. The first-order valence-corrected chi connectivity index (χ1v) is 11.9. The summed E-state index contributed by atoms with van der Waals surface area (Å²) < 4.78 is 34.1. The van der Waals surface area contributed by atoms with Gasteiger partial charge in [0.25, 0.3) is 15.9 Å². The Hall–Kier alpha value is -3.03. The second-order valence-electron chi connectivity index (χ2n) is 7.80. The number of hydrogen-bond donors (Lipinski definition) is 1. The fourth-order valence-electron chi connectivity index (χ4n) is 3.53. The molecule has 1 atom stereocenters. The molecule has 0 aromatic heterocycles. The molecule has 0 saturated carbocycles. The van der Waals surface area contributed by atoms with Crippen LogP contribution in [0.5, 0.6) is 5.75 Å². The van der Waals surface area contributed by atoms with Gasteiger partial charge in [-0.2, -0.15) is 0 Å². The molecule has 4 rings (SSSR count). The first-order chi connectivity index (χ1) is 15.2. The van der Waals surface area contributed by atoms with Gasteiger partial charge in [-0.1, -0.05) is 41.4 Å². The number of benzene rings is 3. The summed E-state index contributed by atoms with van der Waals surface area (Å²) in [4.78, 5) is 13.2. The second-order valence-corrected chi connectivity index (χ2v) is 10.1. The van der Waals surface area contributed by atoms with E-state index in [1.807, 2.05) is 32.9 Å². The number of rotatable bonds is 4. The first-order valence-electron chi connectivity index (χ1n) is 10.1. The maximum Gasteiger partial charge on any atom is 0.267 e. The Labute approximate surface area is 192 Å². The van der Waals surface area contributed by atoms with Gasteiger partial charge in [-0.15, -0.1) is 0 Å². The van der Waals surface area contributed by atoms with E-state index in [0.29, 0.717) is 16.4 Å². The minimum atomic E-state index is -3.95. The Balaban J connectivity index is 1.70. The highest BCUT2D eigenvalue weighted by Gasteiger charge is 2.38. The zero-order valence-corrected chi connectivity index (χ0v) is 19.5. The molecule has 0 spiro atoms.